The fourth-order valence-corrected chi connectivity index (χ4v) is 4.90. The van der Waals surface area contributed by atoms with Crippen LogP contribution in [-0.2, 0) is 26.2 Å². The van der Waals surface area contributed by atoms with E-state index in [0.29, 0.717) is 0 Å². The smallest absolute Gasteiger partial charge is 0.244 e. The van der Waals surface area contributed by atoms with Crippen LogP contribution in [0.5, 0.6) is 0 Å². The van der Waals surface area contributed by atoms with Gasteiger partial charge < -0.3 is 10.2 Å². The first-order valence-electron chi connectivity index (χ1n) is 11.0. The number of aryl methyl sites for hydroxylation is 1. The van der Waals surface area contributed by atoms with E-state index in [1.54, 1.807) is 6.92 Å². The summed E-state index contributed by atoms with van der Waals surface area (Å²) < 4.78 is 26.2. The van der Waals surface area contributed by atoms with Crippen LogP contribution < -0.4 is 9.62 Å². The van der Waals surface area contributed by atoms with Crippen LogP contribution in [0.1, 0.15) is 38.3 Å². The lowest BCUT2D eigenvalue weighted by molar-refractivity contribution is -0.139. The number of hydrogen-bond acceptors (Lipinski definition) is 4. The van der Waals surface area contributed by atoms with Crippen LogP contribution in [0.4, 0.5) is 5.69 Å². The maximum atomic E-state index is 13.6. The van der Waals surface area contributed by atoms with Gasteiger partial charge in [0.1, 0.15) is 12.6 Å². The first kappa shape index (κ1) is 29.2. The lowest BCUT2D eigenvalue weighted by atomic mass is 10.1. The standard InChI is InChI=1S/C24H30Cl3N3O4S/c1-6-16(3)28-24(32)17(4)29(13-18-9-7-8-15(2)10-18)23(31)14-30(35(5,33)34)22-12-20(26)19(25)11-21(22)27/h7-12,16-17H,6,13-14H2,1-5H3,(H,28,32)/t16-,17+/m1/s1. The van der Waals surface area contributed by atoms with Gasteiger partial charge in [0.05, 0.1) is 27.0 Å². The number of hydrogen-bond donors (Lipinski definition) is 1. The van der Waals surface area contributed by atoms with Gasteiger partial charge in [-0.2, -0.15) is 0 Å². The molecule has 11 heteroatoms. The maximum absolute atomic E-state index is 13.6. The molecule has 0 fully saturated rings. The average Bonchev–Trinajstić information content (AvgIpc) is 2.77. The van der Waals surface area contributed by atoms with Gasteiger partial charge >= 0.3 is 0 Å². The number of carbonyl (C=O) groups is 2. The van der Waals surface area contributed by atoms with Crippen molar-refractivity contribution < 1.29 is 18.0 Å². The zero-order chi connectivity index (χ0) is 26.5. The fourth-order valence-electron chi connectivity index (χ4n) is 3.35. The second kappa shape index (κ2) is 12.3. The molecule has 0 spiro atoms. The fraction of sp³-hybridized carbons (Fsp3) is 0.417. The van der Waals surface area contributed by atoms with Gasteiger partial charge in [-0.25, -0.2) is 8.42 Å². The second-order valence-corrected chi connectivity index (χ2v) is 11.6. The van der Waals surface area contributed by atoms with E-state index in [0.717, 1.165) is 28.1 Å². The maximum Gasteiger partial charge on any atom is 0.244 e. The average molecular weight is 563 g/mol. The molecular weight excluding hydrogens is 533 g/mol. The van der Waals surface area contributed by atoms with E-state index in [4.69, 9.17) is 34.8 Å². The van der Waals surface area contributed by atoms with Crippen molar-refractivity contribution in [1.29, 1.82) is 0 Å². The SMILES string of the molecule is CC[C@@H](C)NC(=O)[C@H](C)N(Cc1cccc(C)c1)C(=O)CN(c1cc(Cl)c(Cl)cc1Cl)S(C)(=O)=O. The molecule has 2 amide bonds. The molecule has 1 N–H and O–H groups in total. The summed E-state index contributed by atoms with van der Waals surface area (Å²) in [6, 6.07) is 9.20. The summed E-state index contributed by atoms with van der Waals surface area (Å²) in [6.45, 7) is 6.88. The summed E-state index contributed by atoms with van der Waals surface area (Å²) in [5, 5.41) is 3.14. The highest BCUT2D eigenvalue weighted by molar-refractivity contribution is 7.92. The van der Waals surface area contributed by atoms with Crippen LogP contribution in [0.25, 0.3) is 0 Å². The second-order valence-electron chi connectivity index (χ2n) is 8.49. The quantitative estimate of drug-likeness (QED) is 0.411. The number of nitrogens with zero attached hydrogens (tertiary/aromatic N) is 2. The van der Waals surface area contributed by atoms with Crippen molar-refractivity contribution in [2.45, 2.75) is 52.7 Å². The molecule has 0 saturated carbocycles. The number of rotatable bonds is 10. The molecule has 2 atom stereocenters. The van der Waals surface area contributed by atoms with Crippen LogP contribution in [0, 0.1) is 6.92 Å². The van der Waals surface area contributed by atoms with Gasteiger partial charge in [-0.15, -0.1) is 0 Å². The Balaban J connectivity index is 2.46. The summed E-state index contributed by atoms with van der Waals surface area (Å²) in [5.74, 6) is -0.912. The van der Waals surface area contributed by atoms with Gasteiger partial charge in [0.15, 0.2) is 0 Å². The largest absolute Gasteiger partial charge is 0.352 e. The summed E-state index contributed by atoms with van der Waals surface area (Å²) in [4.78, 5) is 27.8. The molecule has 0 unspecified atom stereocenters. The summed E-state index contributed by atoms with van der Waals surface area (Å²) in [6.07, 6.45) is 1.69. The summed E-state index contributed by atoms with van der Waals surface area (Å²) in [5.41, 5.74) is 1.82. The first-order chi connectivity index (χ1) is 16.2. The summed E-state index contributed by atoms with van der Waals surface area (Å²) in [7, 11) is -3.95. The Bertz CT molecular complexity index is 1190. The highest BCUT2D eigenvalue weighted by Crippen LogP contribution is 2.35. The van der Waals surface area contributed by atoms with Crippen molar-refractivity contribution in [3.05, 3.63) is 62.6 Å². The molecule has 0 radical (unpaired) electrons. The minimum Gasteiger partial charge on any atom is -0.352 e. The molecule has 0 aliphatic rings. The Labute approximate surface area is 222 Å². The zero-order valence-corrected chi connectivity index (χ0v) is 23.4. The zero-order valence-electron chi connectivity index (χ0n) is 20.3. The molecule has 0 aromatic heterocycles. The van der Waals surface area contributed by atoms with Crippen molar-refractivity contribution in [3.8, 4) is 0 Å². The molecule has 2 rings (SSSR count). The predicted octanol–water partition coefficient (Wildman–Crippen LogP) is 5.05. The predicted molar refractivity (Wildman–Crippen MR) is 143 cm³/mol. The van der Waals surface area contributed by atoms with Gasteiger partial charge in [-0.3, -0.25) is 13.9 Å². The van der Waals surface area contributed by atoms with Crippen molar-refractivity contribution in [1.82, 2.24) is 10.2 Å². The van der Waals surface area contributed by atoms with E-state index in [2.05, 4.69) is 5.32 Å². The Hall–Kier alpha value is -2.00. The number of anilines is 1. The third-order valence-corrected chi connectivity index (χ3v) is 7.69. The van der Waals surface area contributed by atoms with E-state index in [1.165, 1.54) is 17.0 Å². The van der Waals surface area contributed by atoms with E-state index in [1.807, 2.05) is 45.0 Å². The van der Waals surface area contributed by atoms with Crippen LogP contribution >= 0.6 is 34.8 Å². The van der Waals surface area contributed by atoms with E-state index >= 15 is 0 Å². The van der Waals surface area contributed by atoms with Gasteiger partial charge in [-0.1, -0.05) is 71.6 Å². The van der Waals surface area contributed by atoms with E-state index in [9.17, 15) is 18.0 Å². The highest BCUT2D eigenvalue weighted by atomic mass is 35.5. The Morgan fingerprint density at radius 1 is 1.03 bits per heavy atom. The number of nitrogens with one attached hydrogen (secondary N) is 1. The van der Waals surface area contributed by atoms with Crippen LogP contribution in [-0.4, -0.2) is 50.0 Å². The van der Waals surface area contributed by atoms with Crippen LogP contribution in [0.2, 0.25) is 15.1 Å². The van der Waals surface area contributed by atoms with Crippen molar-refractivity contribution >= 4 is 62.3 Å². The molecule has 0 saturated heterocycles. The molecule has 0 bridgehead atoms. The van der Waals surface area contributed by atoms with Crippen LogP contribution in [0.15, 0.2) is 36.4 Å². The lowest BCUT2D eigenvalue weighted by Crippen LogP contribution is -2.52. The molecule has 35 heavy (non-hydrogen) atoms. The third kappa shape index (κ3) is 8.00. The van der Waals surface area contributed by atoms with Gasteiger partial charge in [-0.05, 0) is 44.9 Å². The van der Waals surface area contributed by atoms with Gasteiger partial charge in [0, 0.05) is 12.6 Å². The monoisotopic (exact) mass is 561 g/mol. The molecular formula is C24H30Cl3N3O4S. The number of amides is 2. The van der Waals surface area contributed by atoms with Crippen LogP contribution in [0.3, 0.4) is 0 Å². The normalized spacial score (nSPS) is 13.1. The van der Waals surface area contributed by atoms with E-state index in [-0.39, 0.29) is 39.2 Å². The topological polar surface area (TPSA) is 86.8 Å². The molecule has 2 aromatic rings. The minimum atomic E-state index is -3.95. The highest BCUT2D eigenvalue weighted by Gasteiger charge is 2.31. The Morgan fingerprint density at radius 3 is 2.23 bits per heavy atom. The summed E-state index contributed by atoms with van der Waals surface area (Å²) >= 11 is 18.3. The van der Waals surface area contributed by atoms with Crippen molar-refractivity contribution in [2.24, 2.45) is 0 Å². The number of carbonyl (C=O) groups excluding carboxylic acids is 2. The molecule has 7 nitrogen and oxygen atoms in total. The molecule has 192 valence electrons. The van der Waals surface area contributed by atoms with Gasteiger partial charge in [0.25, 0.3) is 0 Å². The van der Waals surface area contributed by atoms with E-state index < -0.39 is 28.5 Å². The number of halogens is 3. The third-order valence-electron chi connectivity index (χ3n) is 5.54. The molecule has 0 aliphatic carbocycles. The number of sulfonamides is 1. The minimum absolute atomic E-state index is 0.0177. The Morgan fingerprint density at radius 2 is 1.66 bits per heavy atom. The lowest BCUT2D eigenvalue weighted by Gasteiger charge is -2.32. The van der Waals surface area contributed by atoms with Gasteiger partial charge in [0.2, 0.25) is 21.8 Å². The molecule has 0 heterocycles. The molecule has 0 aliphatic heterocycles. The number of benzene rings is 2. The first-order valence-corrected chi connectivity index (χ1v) is 14.0. The molecule has 2 aromatic carbocycles. The van der Waals surface area contributed by atoms with Crippen molar-refractivity contribution in [3.63, 3.8) is 0 Å². The van der Waals surface area contributed by atoms with Crippen molar-refractivity contribution in [2.75, 3.05) is 17.1 Å². The Kier molecular flexibility index (Phi) is 10.3.